The molecule has 1 atom stereocenters. The van der Waals surface area contributed by atoms with Crippen LogP contribution in [0.25, 0.3) is 0 Å². The second-order valence-corrected chi connectivity index (χ2v) is 7.69. The molecule has 1 unspecified atom stereocenters. The first kappa shape index (κ1) is 26.5. The lowest BCUT2D eigenvalue weighted by atomic mass is 10.2. The number of hydrogen-bond donors (Lipinski definition) is 2. The van der Waals surface area contributed by atoms with Gasteiger partial charge in [-0.15, -0.1) is 24.0 Å². The van der Waals surface area contributed by atoms with Crippen molar-refractivity contribution in [3.05, 3.63) is 54.0 Å². The summed E-state index contributed by atoms with van der Waals surface area (Å²) in [6.07, 6.45) is 5.12. The summed E-state index contributed by atoms with van der Waals surface area (Å²) < 4.78 is 16.6. The van der Waals surface area contributed by atoms with Crippen LogP contribution in [0.2, 0.25) is 0 Å². The predicted molar refractivity (Wildman–Crippen MR) is 139 cm³/mol. The molecule has 0 aliphatic carbocycles. The predicted octanol–water partition coefficient (Wildman–Crippen LogP) is 4.21. The lowest BCUT2D eigenvalue weighted by molar-refractivity contribution is 0.172. The van der Waals surface area contributed by atoms with Crippen molar-refractivity contribution in [3.63, 3.8) is 0 Å². The van der Waals surface area contributed by atoms with Crippen molar-refractivity contribution in [2.45, 2.75) is 38.8 Å². The van der Waals surface area contributed by atoms with E-state index in [2.05, 4.69) is 40.7 Å². The number of hydrogen-bond acceptors (Lipinski definition) is 5. The molecular weight excluding hydrogens is 519 g/mol. The van der Waals surface area contributed by atoms with Crippen molar-refractivity contribution in [3.8, 4) is 5.75 Å². The minimum absolute atomic E-state index is 0. The first-order chi connectivity index (χ1) is 15.3. The van der Waals surface area contributed by atoms with Crippen LogP contribution < -0.4 is 15.4 Å². The fourth-order valence-electron chi connectivity index (χ4n) is 3.78. The zero-order chi connectivity index (χ0) is 21.7. The molecule has 1 aromatic heterocycles. The fraction of sp³-hybridized carbons (Fsp3) is 0.542. The number of nitrogens with zero attached hydrogens (tertiary/aromatic N) is 2. The third-order valence-corrected chi connectivity index (χ3v) is 5.34. The Kier molecular flexibility index (Phi) is 12.5. The first-order valence-electron chi connectivity index (χ1n) is 11.3. The maximum atomic E-state index is 5.80. The van der Waals surface area contributed by atoms with E-state index < -0.39 is 0 Å². The molecule has 2 N–H and O–H groups in total. The molecule has 7 nitrogen and oxygen atoms in total. The lowest BCUT2D eigenvalue weighted by Gasteiger charge is -2.26. The number of halogens is 1. The van der Waals surface area contributed by atoms with E-state index >= 15 is 0 Å². The van der Waals surface area contributed by atoms with Gasteiger partial charge in [0.1, 0.15) is 11.5 Å². The molecule has 1 aliphatic heterocycles. The number of methoxy groups -OCH3 is 1. The van der Waals surface area contributed by atoms with Crippen LogP contribution in [-0.2, 0) is 11.3 Å². The number of benzene rings is 1. The Bertz CT molecular complexity index is 779. The maximum absolute atomic E-state index is 5.80. The van der Waals surface area contributed by atoms with Crippen LogP contribution in [0.15, 0.2) is 52.1 Å². The highest BCUT2D eigenvalue weighted by atomic mass is 127. The highest BCUT2D eigenvalue weighted by Crippen LogP contribution is 2.24. The van der Waals surface area contributed by atoms with Gasteiger partial charge in [0.25, 0.3) is 0 Å². The van der Waals surface area contributed by atoms with E-state index in [1.807, 2.05) is 18.2 Å². The summed E-state index contributed by atoms with van der Waals surface area (Å²) in [5.74, 6) is 2.68. The topological polar surface area (TPSA) is 71.3 Å². The van der Waals surface area contributed by atoms with Crippen molar-refractivity contribution in [2.24, 2.45) is 4.99 Å². The molecule has 8 heteroatoms. The maximum Gasteiger partial charge on any atom is 0.191 e. The van der Waals surface area contributed by atoms with Gasteiger partial charge in [0.15, 0.2) is 5.96 Å². The van der Waals surface area contributed by atoms with Crippen molar-refractivity contribution in [2.75, 3.05) is 46.5 Å². The molecule has 0 saturated carbocycles. The van der Waals surface area contributed by atoms with Gasteiger partial charge in [-0.3, -0.25) is 4.90 Å². The Labute approximate surface area is 209 Å². The smallest absolute Gasteiger partial charge is 0.191 e. The highest BCUT2D eigenvalue weighted by molar-refractivity contribution is 14.0. The Hall–Kier alpha value is -1.78. The van der Waals surface area contributed by atoms with Crippen molar-refractivity contribution >= 4 is 29.9 Å². The van der Waals surface area contributed by atoms with E-state index in [0.717, 1.165) is 55.6 Å². The molecule has 1 saturated heterocycles. The van der Waals surface area contributed by atoms with Crippen LogP contribution >= 0.6 is 24.0 Å². The van der Waals surface area contributed by atoms with Crippen LogP contribution in [0.1, 0.15) is 43.6 Å². The quantitative estimate of drug-likeness (QED) is 0.177. The summed E-state index contributed by atoms with van der Waals surface area (Å²) in [5.41, 5.74) is 1.11. The largest absolute Gasteiger partial charge is 0.493 e. The fourth-order valence-corrected chi connectivity index (χ4v) is 3.78. The molecule has 0 bridgehead atoms. The van der Waals surface area contributed by atoms with Crippen LogP contribution in [0.3, 0.4) is 0 Å². The highest BCUT2D eigenvalue weighted by Gasteiger charge is 2.25. The minimum atomic E-state index is 0. The first-order valence-corrected chi connectivity index (χ1v) is 11.3. The minimum Gasteiger partial charge on any atom is -0.493 e. The van der Waals surface area contributed by atoms with Gasteiger partial charge >= 0.3 is 0 Å². The zero-order valence-corrected chi connectivity index (χ0v) is 21.5. The number of likely N-dealkylation sites (tertiary alicyclic amines) is 1. The number of guanidine groups is 1. The van der Waals surface area contributed by atoms with E-state index in [0.29, 0.717) is 19.8 Å². The van der Waals surface area contributed by atoms with E-state index in [-0.39, 0.29) is 30.0 Å². The number of rotatable bonds is 12. The molecule has 2 aromatic rings. The zero-order valence-electron chi connectivity index (χ0n) is 19.2. The second kappa shape index (κ2) is 15.1. The van der Waals surface area contributed by atoms with Crippen LogP contribution in [0.4, 0.5) is 0 Å². The SMILES string of the molecule is CCNC(=NCc1cccc(OCCCOC)c1)NCC(c1ccco1)N1CCCC1.I. The molecule has 32 heavy (non-hydrogen) atoms. The third-order valence-electron chi connectivity index (χ3n) is 5.34. The van der Waals surface area contributed by atoms with Crippen LogP contribution in [0, 0.1) is 0 Å². The monoisotopic (exact) mass is 556 g/mol. The summed E-state index contributed by atoms with van der Waals surface area (Å²) in [7, 11) is 1.70. The van der Waals surface area contributed by atoms with Gasteiger partial charge in [0.2, 0.25) is 0 Å². The average Bonchev–Trinajstić information content (AvgIpc) is 3.51. The van der Waals surface area contributed by atoms with Gasteiger partial charge in [-0.1, -0.05) is 12.1 Å². The number of ether oxygens (including phenoxy) is 2. The second-order valence-electron chi connectivity index (χ2n) is 7.69. The Morgan fingerprint density at radius 3 is 2.72 bits per heavy atom. The Balaban J connectivity index is 0.00000363. The van der Waals surface area contributed by atoms with Crippen LogP contribution in [0.5, 0.6) is 5.75 Å². The normalized spacial score (nSPS) is 15.2. The average molecular weight is 556 g/mol. The summed E-state index contributed by atoms with van der Waals surface area (Å²) >= 11 is 0. The Morgan fingerprint density at radius 2 is 2.00 bits per heavy atom. The molecule has 3 rings (SSSR count). The summed E-state index contributed by atoms with van der Waals surface area (Å²) in [6, 6.07) is 12.4. The van der Waals surface area contributed by atoms with Gasteiger partial charge in [-0.25, -0.2) is 4.99 Å². The van der Waals surface area contributed by atoms with Gasteiger partial charge in [0, 0.05) is 33.2 Å². The van der Waals surface area contributed by atoms with Crippen molar-refractivity contribution in [1.82, 2.24) is 15.5 Å². The third kappa shape index (κ3) is 8.63. The summed E-state index contributed by atoms with van der Waals surface area (Å²) in [5, 5.41) is 6.86. The van der Waals surface area contributed by atoms with E-state index in [9.17, 15) is 0 Å². The van der Waals surface area contributed by atoms with Gasteiger partial charge in [0.05, 0.1) is 25.5 Å². The number of nitrogens with one attached hydrogen (secondary N) is 2. The molecule has 178 valence electrons. The van der Waals surface area contributed by atoms with Gasteiger partial charge in [-0.2, -0.15) is 0 Å². The van der Waals surface area contributed by atoms with E-state index in [1.165, 1.54) is 12.8 Å². The van der Waals surface area contributed by atoms with Crippen LogP contribution in [-0.4, -0.2) is 57.4 Å². The molecule has 0 amide bonds. The number of aliphatic imine (C=N–C) groups is 1. The number of furan rings is 1. The molecule has 0 spiro atoms. The standard InChI is InChI=1S/C24H36N4O3.HI/c1-3-25-24(26-18-20-9-6-10-21(17-20)30-16-8-14-29-2)27-19-22(23-11-7-15-31-23)28-12-4-5-13-28;/h6-7,9-11,15,17,22H,3-5,8,12-14,16,18-19H2,1-2H3,(H2,25,26,27);1H. The molecule has 1 aromatic carbocycles. The van der Waals surface area contributed by atoms with Gasteiger partial charge in [-0.05, 0) is 62.7 Å². The molecule has 1 aliphatic rings. The molecule has 0 radical (unpaired) electrons. The lowest BCUT2D eigenvalue weighted by Crippen LogP contribution is -2.42. The summed E-state index contributed by atoms with van der Waals surface area (Å²) in [6.45, 7) is 7.80. The van der Waals surface area contributed by atoms with Crippen molar-refractivity contribution < 1.29 is 13.9 Å². The molecule has 1 fully saturated rings. The van der Waals surface area contributed by atoms with Crippen molar-refractivity contribution in [1.29, 1.82) is 0 Å². The van der Waals surface area contributed by atoms with E-state index in [4.69, 9.17) is 18.9 Å². The van der Waals surface area contributed by atoms with E-state index in [1.54, 1.807) is 13.4 Å². The van der Waals surface area contributed by atoms with Gasteiger partial charge < -0.3 is 24.5 Å². The summed E-state index contributed by atoms with van der Waals surface area (Å²) in [4.78, 5) is 7.27. The molecule has 2 heterocycles. The Morgan fingerprint density at radius 1 is 1.16 bits per heavy atom. The molecular formula is C24H37IN4O3.